The number of morpholine rings is 1. The van der Waals surface area contributed by atoms with Crippen LogP contribution in [0.4, 0.5) is 0 Å². The number of likely N-dealkylation sites (N-methyl/N-ethyl adjacent to an activating group) is 1. The summed E-state index contributed by atoms with van der Waals surface area (Å²) >= 11 is 0. The Bertz CT molecular complexity index is 277. The van der Waals surface area contributed by atoms with Crippen LogP contribution in [0.2, 0.25) is 0 Å². The first-order chi connectivity index (χ1) is 8.94. The van der Waals surface area contributed by atoms with Gasteiger partial charge in [0, 0.05) is 37.8 Å². The molecule has 4 nitrogen and oxygen atoms in total. The minimum Gasteiger partial charge on any atom is -0.374 e. The lowest BCUT2D eigenvalue weighted by atomic mass is 10.1. The average Bonchev–Trinajstić information content (AvgIpc) is 2.73. The Labute approximate surface area is 118 Å². The van der Waals surface area contributed by atoms with E-state index in [-0.39, 0.29) is 5.54 Å². The van der Waals surface area contributed by atoms with Gasteiger partial charge in [0.1, 0.15) is 0 Å². The highest BCUT2D eigenvalue weighted by Crippen LogP contribution is 2.19. The summed E-state index contributed by atoms with van der Waals surface area (Å²) in [5, 5.41) is 3.65. The molecule has 112 valence electrons. The molecule has 0 radical (unpaired) electrons. The van der Waals surface area contributed by atoms with Crippen LogP contribution in [0.3, 0.4) is 0 Å². The van der Waals surface area contributed by atoms with Gasteiger partial charge >= 0.3 is 0 Å². The minimum atomic E-state index is 0.218. The predicted octanol–water partition coefficient (Wildman–Crippen LogP) is 1.17. The highest BCUT2D eigenvalue weighted by Gasteiger charge is 2.29. The molecule has 2 saturated heterocycles. The fraction of sp³-hybridized carbons (Fsp3) is 1.00. The summed E-state index contributed by atoms with van der Waals surface area (Å²) < 4.78 is 5.90. The van der Waals surface area contributed by atoms with Crippen molar-refractivity contribution >= 4 is 0 Å². The van der Waals surface area contributed by atoms with E-state index in [1.807, 2.05) is 0 Å². The molecule has 0 amide bonds. The topological polar surface area (TPSA) is 27.7 Å². The fourth-order valence-corrected chi connectivity index (χ4v) is 3.03. The van der Waals surface area contributed by atoms with Crippen molar-refractivity contribution in [3.63, 3.8) is 0 Å². The molecule has 0 aromatic carbocycles. The second-order valence-electron chi connectivity index (χ2n) is 7.18. The Morgan fingerprint density at radius 1 is 1.26 bits per heavy atom. The van der Waals surface area contributed by atoms with Crippen molar-refractivity contribution in [1.82, 2.24) is 15.1 Å². The molecule has 0 aromatic rings. The number of likely N-dealkylation sites (tertiary alicyclic amines) is 1. The maximum Gasteiger partial charge on any atom is 0.0829 e. The van der Waals surface area contributed by atoms with Crippen molar-refractivity contribution in [3.05, 3.63) is 0 Å². The second-order valence-corrected chi connectivity index (χ2v) is 7.18. The summed E-state index contributed by atoms with van der Waals surface area (Å²) in [4.78, 5) is 5.01. The first kappa shape index (κ1) is 15.2. The highest BCUT2D eigenvalue weighted by molar-refractivity contribution is 4.86. The van der Waals surface area contributed by atoms with Crippen LogP contribution in [-0.2, 0) is 4.74 Å². The van der Waals surface area contributed by atoms with Crippen LogP contribution in [-0.4, -0.2) is 73.9 Å². The van der Waals surface area contributed by atoms with Crippen molar-refractivity contribution < 1.29 is 4.74 Å². The zero-order valence-electron chi connectivity index (χ0n) is 13.1. The summed E-state index contributed by atoms with van der Waals surface area (Å²) in [6, 6.07) is 0.690. The number of rotatable bonds is 4. The van der Waals surface area contributed by atoms with Gasteiger partial charge in [0.2, 0.25) is 0 Å². The number of nitrogens with one attached hydrogen (secondary N) is 1. The number of ether oxygens (including phenoxy) is 1. The molecule has 19 heavy (non-hydrogen) atoms. The Morgan fingerprint density at radius 2 is 2.05 bits per heavy atom. The highest BCUT2D eigenvalue weighted by atomic mass is 16.5. The number of hydrogen-bond donors (Lipinski definition) is 1. The summed E-state index contributed by atoms with van der Waals surface area (Å²) in [7, 11) is 2.19. The molecular weight excluding hydrogens is 238 g/mol. The zero-order valence-corrected chi connectivity index (χ0v) is 13.1. The molecule has 0 aliphatic carbocycles. The lowest BCUT2D eigenvalue weighted by molar-refractivity contribution is -0.0373. The Balaban J connectivity index is 1.78. The summed E-state index contributed by atoms with van der Waals surface area (Å²) in [5.41, 5.74) is 0.218. The standard InChI is InChI=1S/C15H31N3O/c1-15(2,3)16-10-13-6-5-7-18(13)12-14-11-17(4)8-9-19-14/h13-14,16H,5-12H2,1-4H3. The van der Waals surface area contributed by atoms with Gasteiger partial charge in [0.05, 0.1) is 12.7 Å². The lowest BCUT2D eigenvalue weighted by Gasteiger charge is -2.35. The van der Waals surface area contributed by atoms with Crippen molar-refractivity contribution in [1.29, 1.82) is 0 Å². The van der Waals surface area contributed by atoms with E-state index in [1.165, 1.54) is 19.4 Å². The third kappa shape index (κ3) is 5.03. The van der Waals surface area contributed by atoms with Crippen LogP contribution in [0.15, 0.2) is 0 Å². The van der Waals surface area contributed by atoms with Crippen LogP contribution in [0.5, 0.6) is 0 Å². The Kier molecular flexibility index (Phi) is 5.23. The lowest BCUT2D eigenvalue weighted by Crippen LogP contribution is -2.50. The van der Waals surface area contributed by atoms with Gasteiger partial charge in [0.25, 0.3) is 0 Å². The fourth-order valence-electron chi connectivity index (χ4n) is 3.03. The van der Waals surface area contributed by atoms with Gasteiger partial charge in [-0.1, -0.05) is 0 Å². The van der Waals surface area contributed by atoms with Gasteiger partial charge in [0.15, 0.2) is 0 Å². The van der Waals surface area contributed by atoms with Gasteiger partial charge < -0.3 is 15.0 Å². The van der Waals surface area contributed by atoms with Crippen LogP contribution < -0.4 is 5.32 Å². The molecule has 2 heterocycles. The monoisotopic (exact) mass is 269 g/mol. The van der Waals surface area contributed by atoms with E-state index in [9.17, 15) is 0 Å². The van der Waals surface area contributed by atoms with Crippen LogP contribution in [0.1, 0.15) is 33.6 Å². The second kappa shape index (κ2) is 6.53. The molecular formula is C15H31N3O. The van der Waals surface area contributed by atoms with Crippen LogP contribution in [0, 0.1) is 0 Å². The molecule has 2 aliphatic rings. The third-order valence-electron chi connectivity index (χ3n) is 4.15. The molecule has 2 atom stereocenters. The quantitative estimate of drug-likeness (QED) is 0.829. The minimum absolute atomic E-state index is 0.218. The molecule has 1 N–H and O–H groups in total. The largest absolute Gasteiger partial charge is 0.374 e. The summed E-state index contributed by atoms with van der Waals surface area (Å²) in [5.74, 6) is 0. The van der Waals surface area contributed by atoms with Gasteiger partial charge in [-0.3, -0.25) is 4.90 Å². The smallest absolute Gasteiger partial charge is 0.0829 e. The van der Waals surface area contributed by atoms with Crippen LogP contribution >= 0.6 is 0 Å². The molecule has 0 saturated carbocycles. The number of hydrogen-bond acceptors (Lipinski definition) is 4. The maximum atomic E-state index is 5.90. The molecule has 0 aromatic heterocycles. The van der Waals surface area contributed by atoms with E-state index in [4.69, 9.17) is 4.74 Å². The predicted molar refractivity (Wildman–Crippen MR) is 79.6 cm³/mol. The molecule has 2 rings (SSSR count). The first-order valence-electron chi connectivity index (χ1n) is 7.73. The van der Waals surface area contributed by atoms with E-state index in [0.717, 1.165) is 32.8 Å². The van der Waals surface area contributed by atoms with Gasteiger partial charge in [-0.25, -0.2) is 0 Å². The van der Waals surface area contributed by atoms with Crippen molar-refractivity contribution in [2.24, 2.45) is 0 Å². The normalized spacial score (nSPS) is 30.9. The van der Waals surface area contributed by atoms with E-state index < -0.39 is 0 Å². The number of nitrogens with zero attached hydrogens (tertiary/aromatic N) is 2. The third-order valence-corrected chi connectivity index (χ3v) is 4.15. The molecule has 2 aliphatic heterocycles. The Morgan fingerprint density at radius 3 is 2.74 bits per heavy atom. The van der Waals surface area contributed by atoms with Crippen molar-refractivity contribution in [3.8, 4) is 0 Å². The molecule has 4 heteroatoms. The zero-order chi connectivity index (χ0) is 13.9. The summed E-state index contributed by atoms with van der Waals surface area (Å²) in [6.45, 7) is 13.2. The van der Waals surface area contributed by atoms with Gasteiger partial charge in [-0.15, -0.1) is 0 Å². The summed E-state index contributed by atoms with van der Waals surface area (Å²) in [6.07, 6.45) is 3.05. The maximum absolute atomic E-state index is 5.90. The SMILES string of the molecule is CN1CCOC(CN2CCCC2CNC(C)(C)C)C1. The van der Waals surface area contributed by atoms with E-state index in [1.54, 1.807) is 0 Å². The average molecular weight is 269 g/mol. The van der Waals surface area contributed by atoms with Crippen molar-refractivity contribution in [2.75, 3.05) is 46.4 Å². The molecule has 0 bridgehead atoms. The van der Waals surface area contributed by atoms with E-state index in [0.29, 0.717) is 12.1 Å². The van der Waals surface area contributed by atoms with E-state index >= 15 is 0 Å². The Hall–Kier alpha value is -0.160. The van der Waals surface area contributed by atoms with E-state index in [2.05, 4.69) is 42.9 Å². The van der Waals surface area contributed by atoms with Gasteiger partial charge in [-0.05, 0) is 47.2 Å². The van der Waals surface area contributed by atoms with Crippen LogP contribution in [0.25, 0.3) is 0 Å². The van der Waals surface area contributed by atoms with Crippen molar-refractivity contribution in [2.45, 2.75) is 51.3 Å². The molecule has 0 spiro atoms. The molecule has 2 fully saturated rings. The first-order valence-corrected chi connectivity index (χ1v) is 7.73. The molecule has 2 unspecified atom stereocenters. The van der Waals surface area contributed by atoms with Gasteiger partial charge in [-0.2, -0.15) is 0 Å².